The van der Waals surface area contributed by atoms with E-state index in [1.165, 1.54) is 28.4 Å². The van der Waals surface area contributed by atoms with Crippen LogP contribution in [0.4, 0.5) is 0 Å². The van der Waals surface area contributed by atoms with Crippen molar-refractivity contribution >= 4 is 34.3 Å². The van der Waals surface area contributed by atoms with Gasteiger partial charge < -0.3 is 4.74 Å². The van der Waals surface area contributed by atoms with Gasteiger partial charge in [-0.05, 0) is 121 Å². The molecule has 1 spiro atoms. The van der Waals surface area contributed by atoms with Crippen LogP contribution < -0.4 is 0 Å². The van der Waals surface area contributed by atoms with Crippen molar-refractivity contribution in [3.8, 4) is 0 Å². The van der Waals surface area contributed by atoms with Gasteiger partial charge >= 0.3 is 5.97 Å². The monoisotopic (exact) mass is 575 g/mol. The minimum Gasteiger partial charge on any atom is -0.457 e. The molecule has 7 atom stereocenters. The second-order valence-electron chi connectivity index (χ2n) is 12.7. The first-order valence-electron chi connectivity index (χ1n) is 13.4. The number of ketones is 1. The van der Waals surface area contributed by atoms with Gasteiger partial charge in [0.25, 0.3) is 0 Å². The molecule has 0 bridgehead atoms. The van der Waals surface area contributed by atoms with Crippen molar-refractivity contribution in [1.82, 2.24) is 4.90 Å². The zero-order valence-electron chi connectivity index (χ0n) is 20.7. The molecule has 1 aliphatic heterocycles. The summed E-state index contributed by atoms with van der Waals surface area (Å²) in [5.74, 6) is 3.15. The van der Waals surface area contributed by atoms with Gasteiger partial charge in [-0.15, -0.1) is 0 Å². The molecule has 5 heteroatoms. The molecule has 0 radical (unpaired) electrons. The SMILES string of the molecule is C[C@]12CC[C@@]3(C[C@@H]1CC[C@@H]1[C@@H]2CC[C@]2(C)C(=O)CC[C@@H]12)CN(Cc1ccc(I)cc1)CC(=O)O3. The fourth-order valence-corrected chi connectivity index (χ4v) is 9.59. The Labute approximate surface area is 217 Å². The van der Waals surface area contributed by atoms with Gasteiger partial charge in [-0.1, -0.05) is 26.0 Å². The lowest BCUT2D eigenvalue weighted by Gasteiger charge is -2.62. The normalized spacial score (nSPS) is 44.3. The highest BCUT2D eigenvalue weighted by atomic mass is 127. The van der Waals surface area contributed by atoms with Crippen molar-refractivity contribution in [2.75, 3.05) is 13.1 Å². The van der Waals surface area contributed by atoms with Crippen molar-refractivity contribution in [2.45, 2.75) is 83.8 Å². The van der Waals surface area contributed by atoms with Crippen molar-refractivity contribution in [3.63, 3.8) is 0 Å². The van der Waals surface area contributed by atoms with Crippen LogP contribution in [0.15, 0.2) is 24.3 Å². The first kappa shape index (κ1) is 23.4. The van der Waals surface area contributed by atoms with Crippen molar-refractivity contribution < 1.29 is 14.3 Å². The number of hydrogen-bond acceptors (Lipinski definition) is 4. The predicted octanol–water partition coefficient (Wildman–Crippen LogP) is 6.00. The first-order chi connectivity index (χ1) is 16.2. The highest BCUT2D eigenvalue weighted by molar-refractivity contribution is 14.1. The Morgan fingerprint density at radius 1 is 1.00 bits per heavy atom. The van der Waals surface area contributed by atoms with Gasteiger partial charge in [0.15, 0.2) is 0 Å². The third kappa shape index (κ3) is 3.70. The van der Waals surface area contributed by atoms with Crippen LogP contribution in [0.2, 0.25) is 0 Å². The van der Waals surface area contributed by atoms with Crippen molar-refractivity contribution in [3.05, 3.63) is 33.4 Å². The van der Waals surface area contributed by atoms with E-state index in [0.29, 0.717) is 35.5 Å². The molecule has 4 aliphatic carbocycles. The summed E-state index contributed by atoms with van der Waals surface area (Å²) < 4.78 is 7.44. The minimum absolute atomic E-state index is 0.0465. The van der Waals surface area contributed by atoms with E-state index in [1.807, 2.05) is 0 Å². The van der Waals surface area contributed by atoms with Crippen LogP contribution in [0.1, 0.15) is 77.2 Å². The minimum atomic E-state index is -0.317. The number of halogens is 1. The average Bonchev–Trinajstić information content (AvgIpc) is 3.10. The predicted molar refractivity (Wildman–Crippen MR) is 140 cm³/mol. The second-order valence-corrected chi connectivity index (χ2v) is 14.0. The zero-order chi connectivity index (χ0) is 23.7. The molecule has 4 saturated carbocycles. The molecule has 1 aromatic carbocycles. The fourth-order valence-electron chi connectivity index (χ4n) is 9.23. The quantitative estimate of drug-likeness (QED) is 0.321. The van der Waals surface area contributed by atoms with E-state index in [-0.39, 0.29) is 17.0 Å². The van der Waals surface area contributed by atoms with Gasteiger partial charge in [-0.3, -0.25) is 14.5 Å². The number of carbonyl (C=O) groups is 2. The zero-order valence-corrected chi connectivity index (χ0v) is 22.8. The highest BCUT2D eigenvalue weighted by Crippen LogP contribution is 2.66. The molecule has 1 saturated heterocycles. The van der Waals surface area contributed by atoms with Crippen molar-refractivity contribution in [2.24, 2.45) is 34.5 Å². The maximum Gasteiger partial charge on any atom is 0.320 e. The van der Waals surface area contributed by atoms with Crippen LogP contribution in [-0.4, -0.2) is 35.3 Å². The number of nitrogens with zero attached hydrogens (tertiary/aromatic N) is 1. The Morgan fingerprint density at radius 3 is 2.59 bits per heavy atom. The number of carbonyl (C=O) groups excluding carboxylic acids is 2. The number of Topliss-reactive ketones (excluding diaryl/α,β-unsaturated/α-hetero) is 1. The Bertz CT molecular complexity index is 994. The van der Waals surface area contributed by atoms with Crippen LogP contribution in [0.25, 0.3) is 0 Å². The number of rotatable bonds is 2. The number of esters is 1. The topological polar surface area (TPSA) is 46.6 Å². The van der Waals surface area contributed by atoms with Gasteiger partial charge in [0.1, 0.15) is 11.4 Å². The van der Waals surface area contributed by atoms with E-state index >= 15 is 0 Å². The molecule has 5 aliphatic rings. The molecule has 34 heavy (non-hydrogen) atoms. The van der Waals surface area contributed by atoms with Crippen LogP contribution >= 0.6 is 22.6 Å². The van der Waals surface area contributed by atoms with Gasteiger partial charge in [0.2, 0.25) is 0 Å². The molecule has 0 N–H and O–H groups in total. The average molecular weight is 576 g/mol. The van der Waals surface area contributed by atoms with E-state index in [9.17, 15) is 9.59 Å². The van der Waals surface area contributed by atoms with Gasteiger partial charge in [-0.25, -0.2) is 0 Å². The van der Waals surface area contributed by atoms with E-state index in [0.717, 1.165) is 57.5 Å². The number of hydrogen-bond donors (Lipinski definition) is 0. The van der Waals surface area contributed by atoms with Crippen LogP contribution in [-0.2, 0) is 20.9 Å². The number of morpholine rings is 1. The summed E-state index contributed by atoms with van der Waals surface area (Å²) in [7, 11) is 0. The van der Waals surface area contributed by atoms with Crippen LogP contribution in [0, 0.1) is 38.1 Å². The molecule has 1 heterocycles. The molecule has 184 valence electrons. The Morgan fingerprint density at radius 2 is 1.79 bits per heavy atom. The van der Waals surface area contributed by atoms with Crippen LogP contribution in [0.3, 0.4) is 0 Å². The lowest BCUT2D eigenvalue weighted by molar-refractivity contribution is -0.200. The van der Waals surface area contributed by atoms with Gasteiger partial charge in [0, 0.05) is 28.5 Å². The molecule has 0 amide bonds. The smallest absolute Gasteiger partial charge is 0.320 e. The summed E-state index contributed by atoms with van der Waals surface area (Å²) >= 11 is 2.34. The fraction of sp³-hybridized carbons (Fsp3) is 0.724. The maximum absolute atomic E-state index is 12.8. The third-order valence-corrected chi connectivity index (χ3v) is 11.7. The Kier molecular flexibility index (Phi) is 5.72. The third-order valence-electron chi connectivity index (χ3n) is 11.0. The van der Waals surface area contributed by atoms with Gasteiger partial charge in [0.05, 0.1) is 6.54 Å². The first-order valence-corrected chi connectivity index (χ1v) is 14.5. The molecular weight excluding hydrogens is 537 g/mol. The number of fused-ring (bicyclic) bond motifs is 5. The number of benzene rings is 1. The lowest BCUT2D eigenvalue weighted by atomic mass is 9.44. The summed E-state index contributed by atoms with van der Waals surface area (Å²) in [4.78, 5) is 27.8. The highest BCUT2D eigenvalue weighted by Gasteiger charge is 2.62. The largest absolute Gasteiger partial charge is 0.457 e. The van der Waals surface area contributed by atoms with E-state index < -0.39 is 0 Å². The molecule has 6 rings (SSSR count). The molecule has 5 fully saturated rings. The maximum atomic E-state index is 12.8. The van der Waals surface area contributed by atoms with Gasteiger partial charge in [-0.2, -0.15) is 0 Å². The summed E-state index contributed by atoms with van der Waals surface area (Å²) in [6.07, 6.45) is 9.87. The van der Waals surface area contributed by atoms with E-state index in [2.05, 4.69) is 65.6 Å². The molecule has 0 aromatic heterocycles. The lowest BCUT2D eigenvalue weighted by Crippen LogP contribution is -2.61. The van der Waals surface area contributed by atoms with Crippen molar-refractivity contribution in [1.29, 1.82) is 0 Å². The van der Waals surface area contributed by atoms with E-state index in [4.69, 9.17) is 4.74 Å². The standard InChI is InChI=1S/C29H38INO3/c1-27-13-14-29(18-31(17-26(33)34-29)16-19-3-6-21(30)7-4-19)15-20(27)5-8-22-23-9-10-25(32)28(23,2)12-11-24(22)27/h3-4,6-7,20,22-24H,5,8-18H2,1-2H3/t20-,22-,23-,24-,27-,28-,29+/m0/s1. The summed E-state index contributed by atoms with van der Waals surface area (Å²) in [5.41, 5.74) is 1.23. The number of ether oxygens (including phenoxy) is 1. The summed E-state index contributed by atoms with van der Waals surface area (Å²) in [6, 6.07) is 8.65. The van der Waals surface area contributed by atoms with E-state index in [1.54, 1.807) is 0 Å². The molecule has 0 unspecified atom stereocenters. The summed E-state index contributed by atoms with van der Waals surface area (Å²) in [6.45, 7) is 6.90. The molecule has 4 nitrogen and oxygen atoms in total. The Hall–Kier alpha value is -0.950. The second kappa shape index (κ2) is 8.29. The molecular formula is C29H38INO3. The molecule has 1 aromatic rings. The summed E-state index contributed by atoms with van der Waals surface area (Å²) in [5, 5.41) is 0. The Balaban J connectivity index is 1.19. The van der Waals surface area contributed by atoms with Crippen LogP contribution in [0.5, 0.6) is 0 Å².